The number of aryl methyl sites for hydroxylation is 1. The average Bonchev–Trinajstić information content (AvgIpc) is 3.84. The maximum absolute atomic E-state index is 2.71. The number of aromatic nitrogens is 1. The number of benzene rings is 7. The molecule has 0 N–H and O–H groups in total. The molecule has 3 nitrogen and oxygen atoms in total. The second-order valence-electron chi connectivity index (χ2n) is 25.4. The molecule has 7 aromatic carbocycles. The summed E-state index contributed by atoms with van der Waals surface area (Å²) in [6.45, 7) is 33.2. The molecule has 3 aliphatic rings. The van der Waals surface area contributed by atoms with Crippen LogP contribution in [-0.2, 0) is 27.1 Å². The van der Waals surface area contributed by atoms with Gasteiger partial charge in [0, 0.05) is 60.7 Å². The fourth-order valence-electron chi connectivity index (χ4n) is 12.3. The molecule has 0 radical (unpaired) electrons. The SMILES string of the molecule is Cc1cc2c(cc1N1c3cc(N(c4ccc(C(C)(C)C)cc4)c4ccc(C(C)(C)C)cc4)ccc3B3c4c1cc(C(C)(C)C)cc4-n1c4sc5ccccc5c4c4cccc3c41)C(C)(C)CCC2(C)C. The van der Waals surface area contributed by atoms with E-state index < -0.39 is 0 Å². The first-order valence-corrected chi connectivity index (χ1v) is 26.6. The number of thiophene rings is 1. The molecule has 0 spiro atoms. The van der Waals surface area contributed by atoms with Gasteiger partial charge in [0.05, 0.1) is 5.52 Å². The highest BCUT2D eigenvalue weighted by atomic mass is 32.1. The first-order valence-electron chi connectivity index (χ1n) is 25.8. The van der Waals surface area contributed by atoms with Gasteiger partial charge in [0.15, 0.2) is 0 Å². The predicted molar refractivity (Wildman–Crippen MR) is 306 cm³/mol. The van der Waals surface area contributed by atoms with E-state index in [0.29, 0.717) is 0 Å². The third-order valence-electron chi connectivity index (χ3n) is 16.6. The van der Waals surface area contributed by atoms with Crippen molar-refractivity contribution in [3.63, 3.8) is 0 Å². The van der Waals surface area contributed by atoms with Crippen LogP contribution in [0.15, 0.2) is 133 Å². The standard InChI is InChI=1S/C65H68BN3S/c1-39-34-48-49(65(13,14)33-32-64(48,11)12)38-52(39)68-53-37-45(67(43-26-22-40(23-27-43)61(2,3)4)44-28-24-41(25-29-44)62(5,6)7)30-31-50(53)66-51-20-17-19-47-57-46-18-15-16-21-56(46)70-60(57)69(59(47)51)55-36-42(63(8,9)10)35-54(68)58(55)66/h15-31,34-38H,32-33H2,1-14H3. The van der Waals surface area contributed by atoms with Crippen LogP contribution in [0.5, 0.6) is 0 Å². The van der Waals surface area contributed by atoms with Crippen LogP contribution in [0.3, 0.4) is 0 Å². The van der Waals surface area contributed by atoms with Gasteiger partial charge in [-0.2, -0.15) is 0 Å². The van der Waals surface area contributed by atoms with Gasteiger partial charge in [0.1, 0.15) is 4.83 Å². The Morgan fingerprint density at radius 3 is 1.69 bits per heavy atom. The molecule has 0 amide bonds. The van der Waals surface area contributed by atoms with Gasteiger partial charge >= 0.3 is 0 Å². The number of hydrogen-bond donors (Lipinski definition) is 0. The molecular weight excluding hydrogens is 866 g/mol. The van der Waals surface area contributed by atoms with Crippen molar-refractivity contribution in [3.8, 4) is 5.69 Å². The summed E-state index contributed by atoms with van der Waals surface area (Å²) >= 11 is 1.94. The molecule has 9 aromatic rings. The fraction of sp³-hybridized carbons (Fsp3) is 0.323. The Morgan fingerprint density at radius 1 is 0.514 bits per heavy atom. The Bertz CT molecular complexity index is 3560. The summed E-state index contributed by atoms with van der Waals surface area (Å²) in [5, 5.41) is 4.07. The van der Waals surface area contributed by atoms with Crippen molar-refractivity contribution in [1.82, 2.24) is 4.57 Å². The minimum atomic E-state index is -0.108. The van der Waals surface area contributed by atoms with E-state index in [0.717, 1.165) is 23.5 Å². The number of para-hydroxylation sites is 1. The lowest BCUT2D eigenvalue weighted by Crippen LogP contribution is -2.60. The maximum Gasteiger partial charge on any atom is 0.252 e. The Morgan fingerprint density at radius 2 is 1.07 bits per heavy atom. The molecule has 70 heavy (non-hydrogen) atoms. The summed E-state index contributed by atoms with van der Waals surface area (Å²) in [7, 11) is 0. The van der Waals surface area contributed by atoms with Gasteiger partial charge in [-0.3, -0.25) is 0 Å². The first-order chi connectivity index (χ1) is 33.0. The highest BCUT2D eigenvalue weighted by molar-refractivity contribution is 7.26. The predicted octanol–water partition coefficient (Wildman–Crippen LogP) is 16.6. The zero-order valence-electron chi connectivity index (χ0n) is 43.9. The smallest absolute Gasteiger partial charge is 0.252 e. The zero-order chi connectivity index (χ0) is 49.2. The second kappa shape index (κ2) is 15.0. The fourth-order valence-corrected chi connectivity index (χ4v) is 13.6. The zero-order valence-corrected chi connectivity index (χ0v) is 44.8. The lowest BCUT2D eigenvalue weighted by atomic mass is 9.33. The molecule has 0 atom stereocenters. The van der Waals surface area contributed by atoms with Gasteiger partial charge in [-0.1, -0.05) is 163 Å². The number of rotatable bonds is 4. The molecule has 4 heterocycles. The highest BCUT2D eigenvalue weighted by Gasteiger charge is 2.45. The largest absolute Gasteiger partial charge is 0.311 e. The monoisotopic (exact) mass is 934 g/mol. The molecule has 0 saturated heterocycles. The number of hydrogen-bond acceptors (Lipinski definition) is 3. The molecule has 1 aliphatic carbocycles. The van der Waals surface area contributed by atoms with Crippen LogP contribution >= 0.6 is 11.3 Å². The third-order valence-corrected chi connectivity index (χ3v) is 17.8. The Kier molecular flexibility index (Phi) is 9.67. The van der Waals surface area contributed by atoms with Crippen LogP contribution in [0.1, 0.15) is 136 Å². The molecular formula is C65H68BN3S. The Balaban J connectivity index is 1.19. The number of anilines is 6. The normalized spacial score (nSPS) is 15.9. The van der Waals surface area contributed by atoms with Crippen LogP contribution in [0, 0.1) is 6.92 Å². The van der Waals surface area contributed by atoms with Crippen molar-refractivity contribution in [2.75, 3.05) is 9.80 Å². The minimum Gasteiger partial charge on any atom is -0.311 e. The Hall–Kier alpha value is -6.04. The van der Waals surface area contributed by atoms with Crippen LogP contribution in [0.25, 0.3) is 36.9 Å². The summed E-state index contributed by atoms with van der Waals surface area (Å²) < 4.78 is 4.01. The number of fused-ring (bicyclic) bond motifs is 10. The lowest BCUT2D eigenvalue weighted by Gasteiger charge is -2.45. The molecule has 0 fully saturated rings. The van der Waals surface area contributed by atoms with Gasteiger partial charge in [0.2, 0.25) is 0 Å². The van der Waals surface area contributed by atoms with Crippen LogP contribution in [-0.4, -0.2) is 11.3 Å². The van der Waals surface area contributed by atoms with Crippen molar-refractivity contribution in [3.05, 3.63) is 167 Å². The van der Waals surface area contributed by atoms with Crippen molar-refractivity contribution in [2.24, 2.45) is 0 Å². The molecule has 2 aromatic heterocycles. The van der Waals surface area contributed by atoms with E-state index in [-0.39, 0.29) is 33.8 Å². The second-order valence-corrected chi connectivity index (χ2v) is 26.5. The van der Waals surface area contributed by atoms with Gasteiger partial charge in [-0.05, 0) is 157 Å². The maximum atomic E-state index is 2.71. The summed E-state index contributed by atoms with van der Waals surface area (Å²) in [5.74, 6) is 0. The van der Waals surface area contributed by atoms with E-state index in [1.54, 1.807) is 0 Å². The van der Waals surface area contributed by atoms with Crippen molar-refractivity contribution in [1.29, 1.82) is 0 Å². The number of nitrogens with zero attached hydrogens (tertiary/aromatic N) is 3. The molecule has 0 bridgehead atoms. The van der Waals surface area contributed by atoms with Crippen LogP contribution in [0.4, 0.5) is 34.1 Å². The summed E-state index contributed by atoms with van der Waals surface area (Å²) in [5.41, 5.74) is 22.5. The van der Waals surface area contributed by atoms with Crippen molar-refractivity contribution < 1.29 is 0 Å². The quantitative estimate of drug-likeness (QED) is 0.163. The summed E-state index contributed by atoms with van der Waals surface area (Å²) in [6, 6.07) is 52.5. The molecule has 12 rings (SSSR count). The minimum absolute atomic E-state index is 0.0321. The molecule has 5 heteroatoms. The topological polar surface area (TPSA) is 11.4 Å². The summed E-state index contributed by atoms with van der Waals surface area (Å²) in [6.07, 6.45) is 2.35. The van der Waals surface area contributed by atoms with E-state index in [4.69, 9.17) is 0 Å². The highest BCUT2D eigenvalue weighted by Crippen LogP contribution is 2.52. The molecule has 2 aliphatic heterocycles. The van der Waals surface area contributed by atoms with Crippen molar-refractivity contribution >= 4 is 99.8 Å². The van der Waals surface area contributed by atoms with Crippen LogP contribution in [0.2, 0.25) is 0 Å². The van der Waals surface area contributed by atoms with E-state index in [2.05, 4.69) is 245 Å². The van der Waals surface area contributed by atoms with E-state index in [9.17, 15) is 0 Å². The Labute approximate surface area is 421 Å². The van der Waals surface area contributed by atoms with Gasteiger partial charge < -0.3 is 14.4 Å². The third kappa shape index (κ3) is 6.73. The van der Waals surface area contributed by atoms with Gasteiger partial charge in [0.25, 0.3) is 6.71 Å². The van der Waals surface area contributed by atoms with E-state index >= 15 is 0 Å². The molecule has 352 valence electrons. The van der Waals surface area contributed by atoms with Crippen molar-refractivity contribution in [2.45, 2.75) is 137 Å². The molecule has 0 unspecified atom stereocenters. The molecule has 0 saturated carbocycles. The lowest BCUT2D eigenvalue weighted by molar-refractivity contribution is 0.332. The van der Waals surface area contributed by atoms with E-state index in [1.807, 2.05) is 11.3 Å². The summed E-state index contributed by atoms with van der Waals surface area (Å²) in [4.78, 5) is 6.53. The van der Waals surface area contributed by atoms with Gasteiger partial charge in [-0.15, -0.1) is 11.3 Å². The average molecular weight is 934 g/mol. The van der Waals surface area contributed by atoms with Crippen LogP contribution < -0.4 is 26.2 Å². The first kappa shape index (κ1) is 45.1. The van der Waals surface area contributed by atoms with Gasteiger partial charge in [-0.25, -0.2) is 0 Å². The van der Waals surface area contributed by atoms with E-state index in [1.165, 1.54) is 110 Å².